The monoisotopic (exact) mass is 279 g/mol. The molecule has 2 aromatic rings. The molecule has 0 fully saturated rings. The van der Waals surface area contributed by atoms with Gasteiger partial charge >= 0.3 is 0 Å². The molecule has 4 heteroatoms. The Labute approximate surface area is 117 Å². The molecule has 2 aromatic carbocycles. The molecule has 100 valence electrons. The third-order valence-electron chi connectivity index (χ3n) is 2.88. The molecular weight excluding hydrogens is 265 g/mol. The van der Waals surface area contributed by atoms with Crippen LogP contribution in [0.2, 0.25) is 5.02 Å². The van der Waals surface area contributed by atoms with E-state index in [1.165, 1.54) is 13.2 Å². The van der Waals surface area contributed by atoms with Gasteiger partial charge in [0.05, 0.1) is 7.11 Å². The molecule has 0 radical (unpaired) electrons. The van der Waals surface area contributed by atoms with Crippen LogP contribution in [0.3, 0.4) is 0 Å². The summed E-state index contributed by atoms with van der Waals surface area (Å²) >= 11 is 6.07. The van der Waals surface area contributed by atoms with E-state index >= 15 is 0 Å². The zero-order valence-corrected chi connectivity index (χ0v) is 11.6. The van der Waals surface area contributed by atoms with E-state index in [0.717, 1.165) is 21.8 Å². The molecule has 2 rings (SSSR count). The highest BCUT2D eigenvalue weighted by molar-refractivity contribution is 6.31. The van der Waals surface area contributed by atoms with Crippen molar-refractivity contribution in [3.8, 4) is 5.75 Å². The van der Waals surface area contributed by atoms with Gasteiger partial charge < -0.3 is 10.1 Å². The maximum absolute atomic E-state index is 13.3. The van der Waals surface area contributed by atoms with Crippen molar-refractivity contribution >= 4 is 17.3 Å². The van der Waals surface area contributed by atoms with Crippen LogP contribution in [0.4, 0.5) is 10.1 Å². The van der Waals surface area contributed by atoms with Gasteiger partial charge in [-0.2, -0.15) is 0 Å². The Morgan fingerprint density at radius 2 is 2.00 bits per heavy atom. The Morgan fingerprint density at radius 1 is 1.21 bits per heavy atom. The second-order valence-corrected chi connectivity index (χ2v) is 4.69. The van der Waals surface area contributed by atoms with Crippen molar-refractivity contribution in [2.75, 3.05) is 12.4 Å². The number of hydrogen-bond acceptors (Lipinski definition) is 2. The predicted molar refractivity (Wildman–Crippen MR) is 76.5 cm³/mol. The van der Waals surface area contributed by atoms with Gasteiger partial charge in [0.1, 0.15) is 0 Å². The fourth-order valence-electron chi connectivity index (χ4n) is 1.72. The Hall–Kier alpha value is -1.74. The van der Waals surface area contributed by atoms with Crippen LogP contribution in [-0.4, -0.2) is 7.11 Å². The number of rotatable bonds is 4. The molecule has 19 heavy (non-hydrogen) atoms. The molecule has 0 aliphatic carbocycles. The third-order valence-corrected chi connectivity index (χ3v) is 3.29. The summed E-state index contributed by atoms with van der Waals surface area (Å²) in [4.78, 5) is 0. The first-order chi connectivity index (χ1) is 9.10. The van der Waals surface area contributed by atoms with E-state index in [0.29, 0.717) is 6.54 Å². The second kappa shape index (κ2) is 5.93. The van der Waals surface area contributed by atoms with E-state index in [1.807, 2.05) is 25.1 Å². The number of ether oxygens (including phenoxy) is 1. The molecular formula is C15H15ClFNO. The molecule has 0 amide bonds. The van der Waals surface area contributed by atoms with Crippen molar-refractivity contribution in [3.05, 3.63) is 58.4 Å². The minimum atomic E-state index is -0.369. The van der Waals surface area contributed by atoms with Gasteiger partial charge in [0.2, 0.25) is 0 Å². The van der Waals surface area contributed by atoms with Gasteiger partial charge in [-0.1, -0.05) is 23.7 Å². The van der Waals surface area contributed by atoms with Gasteiger partial charge in [0, 0.05) is 23.3 Å². The van der Waals surface area contributed by atoms with E-state index in [4.69, 9.17) is 16.3 Å². The first-order valence-corrected chi connectivity index (χ1v) is 6.30. The summed E-state index contributed by atoms with van der Waals surface area (Å²) in [6.07, 6.45) is 0. The van der Waals surface area contributed by atoms with Crippen LogP contribution < -0.4 is 10.1 Å². The lowest BCUT2D eigenvalue weighted by molar-refractivity contribution is 0.387. The lowest BCUT2D eigenvalue weighted by atomic mass is 10.1. The first kappa shape index (κ1) is 13.7. The summed E-state index contributed by atoms with van der Waals surface area (Å²) in [5, 5.41) is 3.95. The Kier molecular flexibility index (Phi) is 4.27. The predicted octanol–water partition coefficient (Wildman–Crippen LogP) is 4.41. The van der Waals surface area contributed by atoms with Crippen LogP contribution in [0.1, 0.15) is 11.1 Å². The van der Waals surface area contributed by atoms with Crippen LogP contribution in [0.15, 0.2) is 36.4 Å². The topological polar surface area (TPSA) is 21.3 Å². The number of hydrogen-bond donors (Lipinski definition) is 1. The summed E-state index contributed by atoms with van der Waals surface area (Å²) < 4.78 is 18.2. The van der Waals surface area contributed by atoms with Gasteiger partial charge in [-0.25, -0.2) is 4.39 Å². The minimum Gasteiger partial charge on any atom is -0.494 e. The molecule has 0 saturated heterocycles. The smallest absolute Gasteiger partial charge is 0.165 e. The average Bonchev–Trinajstić information content (AvgIpc) is 2.41. The summed E-state index contributed by atoms with van der Waals surface area (Å²) in [5.74, 6) is -0.140. The quantitative estimate of drug-likeness (QED) is 0.895. The molecule has 0 spiro atoms. The fraction of sp³-hybridized carbons (Fsp3) is 0.200. The lowest BCUT2D eigenvalue weighted by Gasteiger charge is -2.09. The summed E-state index contributed by atoms with van der Waals surface area (Å²) in [5.41, 5.74) is 2.92. The van der Waals surface area contributed by atoms with Crippen molar-refractivity contribution in [1.29, 1.82) is 0 Å². The SMILES string of the molecule is COc1cc(NCc2ccc(C)c(Cl)c2)ccc1F. The number of benzene rings is 2. The highest BCUT2D eigenvalue weighted by Gasteiger charge is 2.03. The van der Waals surface area contributed by atoms with E-state index in [-0.39, 0.29) is 11.6 Å². The molecule has 1 N–H and O–H groups in total. The summed E-state index contributed by atoms with van der Waals surface area (Å²) in [6, 6.07) is 10.6. The average molecular weight is 280 g/mol. The largest absolute Gasteiger partial charge is 0.494 e. The summed E-state index contributed by atoms with van der Waals surface area (Å²) in [6.45, 7) is 2.58. The lowest BCUT2D eigenvalue weighted by Crippen LogP contribution is -2.00. The molecule has 0 saturated carbocycles. The molecule has 0 heterocycles. The van der Waals surface area contributed by atoms with Crippen molar-refractivity contribution in [2.45, 2.75) is 13.5 Å². The molecule has 0 aliphatic rings. The van der Waals surface area contributed by atoms with Crippen LogP contribution in [-0.2, 0) is 6.54 Å². The number of halogens is 2. The zero-order chi connectivity index (χ0) is 13.8. The van der Waals surface area contributed by atoms with Crippen LogP contribution in [0.5, 0.6) is 5.75 Å². The van der Waals surface area contributed by atoms with Gasteiger partial charge in [-0.05, 0) is 36.2 Å². The van der Waals surface area contributed by atoms with Gasteiger partial charge in [-0.15, -0.1) is 0 Å². The van der Waals surface area contributed by atoms with E-state index in [1.54, 1.807) is 12.1 Å². The molecule has 0 aromatic heterocycles. The van der Waals surface area contributed by atoms with Crippen molar-refractivity contribution in [1.82, 2.24) is 0 Å². The van der Waals surface area contributed by atoms with E-state index in [2.05, 4.69) is 5.32 Å². The summed E-state index contributed by atoms with van der Waals surface area (Å²) in [7, 11) is 1.45. The van der Waals surface area contributed by atoms with Crippen molar-refractivity contribution < 1.29 is 9.13 Å². The van der Waals surface area contributed by atoms with E-state index in [9.17, 15) is 4.39 Å². The molecule has 0 atom stereocenters. The maximum atomic E-state index is 13.3. The maximum Gasteiger partial charge on any atom is 0.165 e. The van der Waals surface area contributed by atoms with Crippen molar-refractivity contribution in [2.24, 2.45) is 0 Å². The number of aryl methyl sites for hydroxylation is 1. The third kappa shape index (κ3) is 3.38. The normalized spacial score (nSPS) is 10.3. The highest BCUT2D eigenvalue weighted by atomic mass is 35.5. The second-order valence-electron chi connectivity index (χ2n) is 4.29. The first-order valence-electron chi connectivity index (χ1n) is 5.92. The number of anilines is 1. The van der Waals surface area contributed by atoms with Crippen LogP contribution >= 0.6 is 11.6 Å². The van der Waals surface area contributed by atoms with Gasteiger partial charge in [-0.3, -0.25) is 0 Å². The molecule has 0 bridgehead atoms. The molecule has 0 unspecified atom stereocenters. The Morgan fingerprint density at radius 3 is 2.68 bits per heavy atom. The van der Waals surface area contributed by atoms with Gasteiger partial charge in [0.15, 0.2) is 11.6 Å². The number of nitrogens with one attached hydrogen (secondary N) is 1. The molecule has 0 aliphatic heterocycles. The minimum absolute atomic E-state index is 0.229. The van der Waals surface area contributed by atoms with Crippen molar-refractivity contribution in [3.63, 3.8) is 0 Å². The molecule has 2 nitrogen and oxygen atoms in total. The fourth-order valence-corrected chi connectivity index (χ4v) is 1.92. The zero-order valence-electron chi connectivity index (χ0n) is 10.8. The number of methoxy groups -OCH3 is 1. The Bertz CT molecular complexity index is 586. The highest BCUT2D eigenvalue weighted by Crippen LogP contribution is 2.22. The van der Waals surface area contributed by atoms with Crippen LogP contribution in [0, 0.1) is 12.7 Å². The van der Waals surface area contributed by atoms with Crippen LogP contribution in [0.25, 0.3) is 0 Å². The van der Waals surface area contributed by atoms with Gasteiger partial charge in [0.25, 0.3) is 0 Å². The standard InChI is InChI=1S/C15H15ClFNO/c1-10-3-4-11(7-13(10)16)9-18-12-5-6-14(17)15(8-12)19-2/h3-8,18H,9H2,1-2H3. The van der Waals surface area contributed by atoms with E-state index < -0.39 is 0 Å². The Balaban J connectivity index is 2.07.